The zero-order valence-electron chi connectivity index (χ0n) is 11.4. The lowest BCUT2D eigenvalue weighted by atomic mass is 10.1. The van der Waals surface area contributed by atoms with Crippen LogP contribution in [0, 0.1) is 0 Å². The van der Waals surface area contributed by atoms with E-state index < -0.39 is 0 Å². The Morgan fingerprint density at radius 2 is 1.90 bits per heavy atom. The Balaban J connectivity index is 1.75. The maximum absolute atomic E-state index is 12.4. The van der Waals surface area contributed by atoms with Crippen LogP contribution in [0.1, 0.15) is 23.3 Å². The van der Waals surface area contributed by atoms with Gasteiger partial charge in [-0.3, -0.25) is 4.79 Å². The fourth-order valence-corrected chi connectivity index (χ4v) is 2.61. The number of benzene rings is 1. The third-order valence-electron chi connectivity index (χ3n) is 3.63. The second kappa shape index (κ2) is 5.95. The highest BCUT2D eigenvalue weighted by Crippen LogP contribution is 2.15. The Kier molecular flexibility index (Phi) is 4.03. The Hall–Kier alpha value is -1.73. The Morgan fingerprint density at radius 1 is 1.24 bits per heavy atom. The van der Waals surface area contributed by atoms with Gasteiger partial charge in [0.05, 0.1) is 11.9 Å². The van der Waals surface area contributed by atoms with Crippen LogP contribution in [-0.4, -0.2) is 44.9 Å². The van der Waals surface area contributed by atoms with Gasteiger partial charge in [0.15, 0.2) is 5.69 Å². The van der Waals surface area contributed by atoms with Crippen LogP contribution in [0.25, 0.3) is 5.69 Å². The molecule has 1 fully saturated rings. The molecule has 1 aliphatic rings. The second-order valence-corrected chi connectivity index (χ2v) is 6.07. The smallest absolute Gasteiger partial charge is 0.276 e. The lowest BCUT2D eigenvalue weighted by molar-refractivity contribution is 0.0708. The van der Waals surface area contributed by atoms with Crippen LogP contribution in [-0.2, 0) is 0 Å². The molecule has 1 aliphatic heterocycles. The SMILES string of the molecule is NC1CCN(C(=O)c2cn(-c3ccc(Br)cc3)nn2)CC1. The molecule has 0 atom stereocenters. The summed E-state index contributed by atoms with van der Waals surface area (Å²) in [5.41, 5.74) is 7.09. The molecule has 3 rings (SSSR count). The minimum absolute atomic E-state index is 0.0785. The van der Waals surface area contributed by atoms with Crippen LogP contribution in [0.4, 0.5) is 0 Å². The molecule has 6 nitrogen and oxygen atoms in total. The fraction of sp³-hybridized carbons (Fsp3) is 0.357. The Bertz CT molecular complexity index is 631. The number of halogens is 1. The number of likely N-dealkylation sites (tertiary alicyclic amines) is 1. The van der Waals surface area contributed by atoms with E-state index in [0.717, 1.165) is 23.0 Å². The van der Waals surface area contributed by atoms with Gasteiger partial charge in [-0.25, -0.2) is 4.68 Å². The van der Waals surface area contributed by atoms with Crippen molar-refractivity contribution in [3.05, 3.63) is 40.6 Å². The number of nitrogens with zero attached hydrogens (tertiary/aromatic N) is 4. The predicted octanol–water partition coefficient (Wildman–Crippen LogP) is 1.59. The maximum Gasteiger partial charge on any atom is 0.276 e. The molecule has 1 aromatic carbocycles. The van der Waals surface area contributed by atoms with Gasteiger partial charge in [-0.2, -0.15) is 0 Å². The van der Waals surface area contributed by atoms with Gasteiger partial charge in [-0.1, -0.05) is 21.1 Å². The van der Waals surface area contributed by atoms with Crippen molar-refractivity contribution in [2.24, 2.45) is 5.73 Å². The van der Waals surface area contributed by atoms with E-state index in [2.05, 4.69) is 26.2 Å². The maximum atomic E-state index is 12.4. The van der Waals surface area contributed by atoms with Crippen LogP contribution in [0.5, 0.6) is 0 Å². The van der Waals surface area contributed by atoms with Gasteiger partial charge in [0.25, 0.3) is 5.91 Å². The molecule has 0 unspecified atom stereocenters. The topological polar surface area (TPSA) is 77.0 Å². The largest absolute Gasteiger partial charge is 0.337 e. The van der Waals surface area contributed by atoms with Crippen molar-refractivity contribution in [3.63, 3.8) is 0 Å². The third-order valence-corrected chi connectivity index (χ3v) is 4.16. The summed E-state index contributed by atoms with van der Waals surface area (Å²) >= 11 is 3.39. The average molecular weight is 350 g/mol. The Morgan fingerprint density at radius 3 is 2.57 bits per heavy atom. The number of carbonyl (C=O) groups excluding carboxylic acids is 1. The summed E-state index contributed by atoms with van der Waals surface area (Å²) < 4.78 is 2.60. The third kappa shape index (κ3) is 3.14. The van der Waals surface area contributed by atoms with Crippen molar-refractivity contribution >= 4 is 21.8 Å². The number of amides is 1. The van der Waals surface area contributed by atoms with Crippen molar-refractivity contribution in [1.82, 2.24) is 19.9 Å². The summed E-state index contributed by atoms with van der Waals surface area (Å²) in [6.45, 7) is 1.37. The lowest BCUT2D eigenvalue weighted by Gasteiger charge is -2.29. The minimum atomic E-state index is -0.0785. The van der Waals surface area contributed by atoms with Crippen LogP contribution < -0.4 is 5.73 Å². The van der Waals surface area contributed by atoms with Crippen molar-refractivity contribution in [2.75, 3.05) is 13.1 Å². The molecule has 0 aliphatic carbocycles. The Labute approximate surface area is 131 Å². The highest BCUT2D eigenvalue weighted by Gasteiger charge is 2.23. The summed E-state index contributed by atoms with van der Waals surface area (Å²) in [7, 11) is 0. The molecular formula is C14H16BrN5O. The monoisotopic (exact) mass is 349 g/mol. The van der Waals surface area contributed by atoms with Gasteiger partial charge in [0.1, 0.15) is 0 Å². The number of hydrogen-bond donors (Lipinski definition) is 1. The first-order valence-corrected chi connectivity index (χ1v) is 7.66. The number of hydrogen-bond acceptors (Lipinski definition) is 4. The predicted molar refractivity (Wildman–Crippen MR) is 82.2 cm³/mol. The molecule has 110 valence electrons. The number of nitrogens with two attached hydrogens (primary N) is 1. The second-order valence-electron chi connectivity index (χ2n) is 5.15. The van der Waals surface area contributed by atoms with E-state index in [1.165, 1.54) is 0 Å². The van der Waals surface area contributed by atoms with Crippen LogP contribution in [0.15, 0.2) is 34.9 Å². The van der Waals surface area contributed by atoms with E-state index in [4.69, 9.17) is 5.73 Å². The number of carbonyl (C=O) groups is 1. The number of aromatic nitrogens is 3. The van der Waals surface area contributed by atoms with Crippen molar-refractivity contribution in [3.8, 4) is 5.69 Å². The summed E-state index contributed by atoms with van der Waals surface area (Å²) in [5.74, 6) is -0.0785. The first-order valence-electron chi connectivity index (χ1n) is 6.86. The van der Waals surface area contributed by atoms with Crippen LogP contribution in [0.3, 0.4) is 0 Å². The lowest BCUT2D eigenvalue weighted by Crippen LogP contribution is -2.43. The van der Waals surface area contributed by atoms with E-state index in [-0.39, 0.29) is 11.9 Å². The molecule has 1 aromatic heterocycles. The van der Waals surface area contributed by atoms with E-state index in [1.807, 2.05) is 24.3 Å². The normalized spacial score (nSPS) is 16.2. The number of piperidine rings is 1. The van der Waals surface area contributed by atoms with Gasteiger partial charge in [-0.15, -0.1) is 5.10 Å². The van der Waals surface area contributed by atoms with E-state index >= 15 is 0 Å². The molecular weight excluding hydrogens is 334 g/mol. The summed E-state index contributed by atoms with van der Waals surface area (Å²) in [6.07, 6.45) is 3.35. The fourth-order valence-electron chi connectivity index (χ4n) is 2.35. The summed E-state index contributed by atoms with van der Waals surface area (Å²) in [4.78, 5) is 14.2. The van der Waals surface area contributed by atoms with Gasteiger partial charge in [0, 0.05) is 23.6 Å². The van der Waals surface area contributed by atoms with E-state index in [0.29, 0.717) is 18.8 Å². The molecule has 21 heavy (non-hydrogen) atoms. The summed E-state index contributed by atoms with van der Waals surface area (Å²) in [5, 5.41) is 8.01. The zero-order chi connectivity index (χ0) is 14.8. The molecule has 1 amide bonds. The van der Waals surface area contributed by atoms with Crippen LogP contribution in [0.2, 0.25) is 0 Å². The van der Waals surface area contributed by atoms with Gasteiger partial charge >= 0.3 is 0 Å². The number of rotatable bonds is 2. The van der Waals surface area contributed by atoms with Gasteiger partial charge < -0.3 is 10.6 Å². The first kappa shape index (κ1) is 14.2. The van der Waals surface area contributed by atoms with Crippen LogP contribution >= 0.6 is 15.9 Å². The minimum Gasteiger partial charge on any atom is -0.337 e. The van der Waals surface area contributed by atoms with Crippen molar-refractivity contribution in [1.29, 1.82) is 0 Å². The molecule has 2 N–H and O–H groups in total. The molecule has 2 heterocycles. The van der Waals surface area contributed by atoms with Gasteiger partial charge in [0.2, 0.25) is 0 Å². The molecule has 1 saturated heterocycles. The zero-order valence-corrected chi connectivity index (χ0v) is 13.0. The molecule has 0 spiro atoms. The van der Waals surface area contributed by atoms with E-state index in [1.54, 1.807) is 15.8 Å². The first-order chi connectivity index (χ1) is 10.1. The summed E-state index contributed by atoms with van der Waals surface area (Å²) in [6, 6.07) is 7.86. The highest BCUT2D eigenvalue weighted by molar-refractivity contribution is 9.10. The highest BCUT2D eigenvalue weighted by atomic mass is 79.9. The quantitative estimate of drug-likeness (QED) is 0.893. The molecule has 0 bridgehead atoms. The molecule has 0 radical (unpaired) electrons. The molecule has 7 heteroatoms. The van der Waals surface area contributed by atoms with Crippen molar-refractivity contribution in [2.45, 2.75) is 18.9 Å². The molecule has 2 aromatic rings. The standard InChI is InChI=1S/C14H16BrN5O/c15-10-1-3-12(4-2-10)20-9-13(17-18-20)14(21)19-7-5-11(16)6-8-19/h1-4,9,11H,5-8,16H2. The van der Waals surface area contributed by atoms with Gasteiger partial charge in [-0.05, 0) is 37.1 Å². The average Bonchev–Trinajstić information content (AvgIpc) is 2.98. The van der Waals surface area contributed by atoms with Crippen molar-refractivity contribution < 1.29 is 4.79 Å². The van der Waals surface area contributed by atoms with E-state index in [9.17, 15) is 4.79 Å². The molecule has 0 saturated carbocycles.